The number of hydrogen-bond donors (Lipinski definition) is 0. The van der Waals surface area contributed by atoms with Crippen LogP contribution in [0.15, 0.2) is 132 Å². The molecule has 10 aromatic heterocycles. The Balaban J connectivity index is 0.000000291. The van der Waals surface area contributed by atoms with Gasteiger partial charge < -0.3 is 56.9 Å². The third-order valence-corrected chi connectivity index (χ3v) is 11.6. The van der Waals surface area contributed by atoms with Crippen LogP contribution in [0, 0.1) is 48.0 Å². The molecule has 0 spiro atoms. The van der Waals surface area contributed by atoms with Crippen molar-refractivity contribution in [1.29, 1.82) is 10.5 Å². The van der Waals surface area contributed by atoms with Crippen LogP contribution >= 0.6 is 61.0 Å². The van der Waals surface area contributed by atoms with Gasteiger partial charge >= 0.3 is 100 Å². The van der Waals surface area contributed by atoms with E-state index in [4.69, 9.17) is 10.5 Å². The van der Waals surface area contributed by atoms with Gasteiger partial charge in [0.15, 0.2) is 0 Å². The van der Waals surface area contributed by atoms with Gasteiger partial charge in [-0.2, -0.15) is 55.9 Å². The number of aromatic nitrogens is 12. The summed E-state index contributed by atoms with van der Waals surface area (Å²) in [4.78, 5) is 0. The van der Waals surface area contributed by atoms with Gasteiger partial charge in [0.25, 0.3) is 0 Å². The van der Waals surface area contributed by atoms with Crippen molar-refractivity contribution in [3.8, 4) is 32.1 Å². The first-order chi connectivity index (χ1) is 34.4. The number of nitriles is 2. The molecule has 34 heteroatoms. The fraction of sp³-hybridized carbons (Fsp3) is 0.143. The summed E-state index contributed by atoms with van der Waals surface area (Å²) in [6, 6.07) is 24.0. The van der Waals surface area contributed by atoms with E-state index >= 15 is 0 Å². The summed E-state index contributed by atoms with van der Waals surface area (Å²) in [6.07, 6.45) is 29.2. The van der Waals surface area contributed by atoms with E-state index in [2.05, 4.69) is 91.5 Å². The Morgan fingerprint density at radius 2 is 0.697 bits per heavy atom. The molecule has 10 heterocycles. The summed E-state index contributed by atoms with van der Waals surface area (Å²) < 4.78 is 134. The standard InChI is InChI=1S/2C19H15N6S2.2C2H3N.2Cu.2F6P/c2*1-3-18(26-9-1)24-7-5-22(14-24)12-16-11-17(21-20-16)13-23-6-8-25(15-23)19-4-2-10-27-19;2*1-2-3;;;2*1-7(2,3,4,5)6/h2*1-11H,12-13H2;2*1H3;;;;/q2*-1;;;2*+2;2*-1. The number of imidazole rings is 4. The number of halogens is 12. The Kier molecular flexibility index (Phi) is 21.6. The molecule has 10 rings (SSSR count). The van der Waals surface area contributed by atoms with Crippen LogP contribution in [0.3, 0.4) is 0 Å². The van der Waals surface area contributed by atoms with Gasteiger partial charge in [0.05, 0.1) is 36.6 Å². The van der Waals surface area contributed by atoms with Gasteiger partial charge in [-0.25, -0.2) is 0 Å². The van der Waals surface area contributed by atoms with Gasteiger partial charge in [0.1, 0.15) is 33.1 Å². The van der Waals surface area contributed by atoms with Gasteiger partial charge in [-0.15, -0.1) is 11.4 Å². The maximum absolute atomic E-state index is 10.7. The zero-order chi connectivity index (χ0) is 54.3. The number of thiophene rings is 4. The van der Waals surface area contributed by atoms with Crippen LogP contribution in [0.25, 0.3) is 20.0 Å². The summed E-state index contributed by atoms with van der Waals surface area (Å²) in [5.41, 5.74) is 3.70. The zero-order valence-electron chi connectivity index (χ0n) is 38.5. The third kappa shape index (κ3) is 26.2. The van der Waals surface area contributed by atoms with E-state index in [1.54, 1.807) is 57.5 Å². The van der Waals surface area contributed by atoms with Crippen molar-refractivity contribution in [2.45, 2.75) is 40.0 Å². The molecule has 414 valence electrons. The van der Waals surface area contributed by atoms with Crippen LogP contribution in [-0.4, -0.2) is 28.5 Å². The molecule has 0 aliphatic rings. The van der Waals surface area contributed by atoms with Crippen molar-refractivity contribution in [2.24, 2.45) is 0 Å². The van der Waals surface area contributed by atoms with Crippen LogP contribution in [-0.2, 0) is 60.3 Å². The number of rotatable bonds is 12. The van der Waals surface area contributed by atoms with Crippen LogP contribution in [0.5, 0.6) is 0 Å². The monoisotopic (exact) mass is 1280 g/mol. The second-order valence-corrected chi connectivity index (χ2v) is 21.9. The smallest absolute Gasteiger partial charge is 0.575 e. The van der Waals surface area contributed by atoms with E-state index < -0.39 is 15.6 Å². The molecule has 2 radical (unpaired) electrons. The van der Waals surface area contributed by atoms with Crippen LogP contribution in [0.2, 0.25) is 0 Å². The van der Waals surface area contributed by atoms with Crippen LogP contribution < -0.4 is 28.5 Å². The molecule has 0 unspecified atom stereocenters. The number of hydrogen-bond acceptors (Lipinski definition) is 8. The molecule has 0 saturated heterocycles. The first kappa shape index (κ1) is 64.4. The Hall–Kier alpha value is -5.90. The second-order valence-electron chi connectivity index (χ2n) is 14.4. The van der Waals surface area contributed by atoms with E-state index in [9.17, 15) is 50.4 Å². The quantitative estimate of drug-likeness (QED) is 0.0393. The minimum atomic E-state index is -10.7. The van der Waals surface area contributed by atoms with Gasteiger partial charge in [0.2, 0.25) is 25.3 Å². The molecule has 10 aromatic rings. The van der Waals surface area contributed by atoms with Crippen molar-refractivity contribution < 1.29 is 103 Å². The molecular formula is C42H36Cu2F12N14P2S4. The van der Waals surface area contributed by atoms with Crippen molar-refractivity contribution in [3.05, 3.63) is 180 Å². The van der Waals surface area contributed by atoms with Gasteiger partial charge in [0, 0.05) is 63.4 Å². The molecule has 0 bridgehead atoms. The van der Waals surface area contributed by atoms with E-state index in [1.807, 2.05) is 123 Å². The van der Waals surface area contributed by atoms with Crippen molar-refractivity contribution in [3.63, 3.8) is 0 Å². The molecule has 76 heavy (non-hydrogen) atoms. The predicted octanol–water partition coefficient (Wildman–Crippen LogP) is 11.8. The van der Waals surface area contributed by atoms with Gasteiger partial charge in [-0.3, -0.25) is 0 Å². The average Bonchev–Trinajstić information content (AvgIpc) is 4.12. The fourth-order valence-corrected chi connectivity index (χ4v) is 8.32. The van der Waals surface area contributed by atoms with Crippen molar-refractivity contribution in [1.82, 2.24) is 38.7 Å². The van der Waals surface area contributed by atoms with Crippen LogP contribution in [0.1, 0.15) is 36.6 Å². The summed E-state index contributed by atoms with van der Waals surface area (Å²) in [5, 5.41) is 44.7. The molecular weight excluding hydrogens is 1250 g/mol. The Labute approximate surface area is 462 Å². The molecule has 0 N–H and O–H groups in total. The molecule has 0 saturated carbocycles. The zero-order valence-corrected chi connectivity index (χ0v) is 45.4. The first-order valence-corrected chi connectivity index (χ1v) is 27.8. The van der Waals surface area contributed by atoms with Gasteiger partial charge in [-0.05, 0) is 45.8 Å². The summed E-state index contributed by atoms with van der Waals surface area (Å²) >= 11 is 6.74. The van der Waals surface area contributed by atoms with Crippen molar-refractivity contribution in [2.75, 3.05) is 0 Å². The molecule has 0 amide bonds. The van der Waals surface area contributed by atoms with E-state index in [0.717, 1.165) is 42.8 Å². The third-order valence-electron chi connectivity index (χ3n) is 8.11. The summed E-state index contributed by atoms with van der Waals surface area (Å²) in [5.74, 6) is 0. The topological polar surface area (TPSA) is 137 Å². The normalized spacial score (nSPS) is 12.5. The largest absolute Gasteiger partial charge is 2.00 e. The van der Waals surface area contributed by atoms with E-state index in [1.165, 1.54) is 13.8 Å². The Bertz CT molecular complexity index is 2930. The van der Waals surface area contributed by atoms with Crippen LogP contribution in [0.4, 0.5) is 50.4 Å². The van der Waals surface area contributed by atoms with E-state index in [-0.39, 0.29) is 34.1 Å². The fourth-order valence-electron chi connectivity index (χ4n) is 5.64. The second kappa shape index (κ2) is 25.5. The molecule has 0 atom stereocenters. The molecule has 14 nitrogen and oxygen atoms in total. The first-order valence-electron chi connectivity index (χ1n) is 20.3. The Morgan fingerprint density at radius 1 is 0.474 bits per heavy atom. The molecule has 0 aliphatic heterocycles. The van der Waals surface area contributed by atoms with E-state index in [0.29, 0.717) is 26.2 Å². The maximum Gasteiger partial charge on any atom is 2.00 e. The molecule has 0 fully saturated rings. The summed E-state index contributed by atoms with van der Waals surface area (Å²) in [7, 11) is -21.3. The maximum atomic E-state index is 9.87. The predicted molar refractivity (Wildman–Crippen MR) is 252 cm³/mol. The minimum absolute atomic E-state index is 0. The summed E-state index contributed by atoms with van der Waals surface area (Å²) in [6.45, 7) is 5.46. The average molecular weight is 1280 g/mol. The van der Waals surface area contributed by atoms with Crippen molar-refractivity contribution >= 4 is 61.0 Å². The van der Waals surface area contributed by atoms with Gasteiger partial charge in [-0.1, -0.05) is 36.4 Å². The SMILES string of the molecule is CC#N.CC#N.F[P-](F)(F)(F)(F)F.F[P-](F)(F)(F)(F)F.[Cu+2].[Cu+2].[c-]1n(-c2cccs2)cc[n+]1Cc1cc(C[n+]2[c-]n(-c3cccs3)cc2)[n-]n1.[c-]1n(-c2cccs2)cc[n+]1Cc1cc(C[n+]2[c-]n(-c3cccs3)cc2)[n-]n1. The minimum Gasteiger partial charge on any atom is -0.575 e. The molecule has 0 aromatic carbocycles. The number of nitrogens with zero attached hydrogens (tertiary/aromatic N) is 14. The Morgan fingerprint density at radius 3 is 0.908 bits per heavy atom. The molecule has 0 aliphatic carbocycles.